The van der Waals surface area contributed by atoms with Gasteiger partial charge in [0.05, 0.1) is 17.2 Å². The molecule has 0 atom stereocenters. The van der Waals surface area contributed by atoms with Crippen LogP contribution in [0, 0.1) is 5.82 Å². The fourth-order valence-corrected chi connectivity index (χ4v) is 4.25. The fourth-order valence-electron chi connectivity index (χ4n) is 3.31. The van der Waals surface area contributed by atoms with E-state index in [1.807, 2.05) is 6.07 Å². The van der Waals surface area contributed by atoms with Gasteiger partial charge in [0, 0.05) is 37.6 Å². The number of hydrogen-bond donors (Lipinski definition) is 1. The molecule has 2 heterocycles. The van der Waals surface area contributed by atoms with Gasteiger partial charge in [0.1, 0.15) is 11.5 Å². The van der Waals surface area contributed by atoms with E-state index in [4.69, 9.17) is 0 Å². The largest absolute Gasteiger partial charge is 0.392 e. The topological polar surface area (TPSA) is 74.9 Å². The summed E-state index contributed by atoms with van der Waals surface area (Å²) in [5.41, 5.74) is 3.53. The lowest BCUT2D eigenvalue weighted by atomic mass is 10.0. The van der Waals surface area contributed by atoms with Crippen molar-refractivity contribution in [2.75, 3.05) is 14.1 Å². The predicted molar refractivity (Wildman–Crippen MR) is 113 cm³/mol. The van der Waals surface area contributed by atoms with Crippen LogP contribution in [0.3, 0.4) is 0 Å². The second-order valence-corrected chi connectivity index (χ2v) is 9.20. The van der Waals surface area contributed by atoms with E-state index in [0.29, 0.717) is 22.5 Å². The van der Waals surface area contributed by atoms with Gasteiger partial charge in [-0.1, -0.05) is 24.3 Å². The standard InChI is InChI=1S/C22H20FN3O3S/c1-25(2)30(28,29)17-6-3-5-15(11-17)21-13-26-12-16(9-10-22(26)24-21)18-7-4-8-20(23)19(18)14-27/h3-13,27H,14H2,1-2H3. The zero-order valence-corrected chi connectivity index (χ0v) is 17.3. The quantitative estimate of drug-likeness (QED) is 0.531. The number of halogens is 1. The molecule has 0 amide bonds. The van der Waals surface area contributed by atoms with Gasteiger partial charge in [-0.2, -0.15) is 0 Å². The van der Waals surface area contributed by atoms with Crippen molar-refractivity contribution in [1.82, 2.24) is 13.7 Å². The third-order valence-corrected chi connectivity index (χ3v) is 6.76. The number of aliphatic hydroxyl groups is 1. The van der Waals surface area contributed by atoms with Crippen LogP contribution in [-0.2, 0) is 16.6 Å². The molecule has 2 aromatic heterocycles. The zero-order chi connectivity index (χ0) is 21.5. The third-order valence-electron chi connectivity index (χ3n) is 4.95. The molecule has 0 bridgehead atoms. The number of hydrogen-bond acceptors (Lipinski definition) is 4. The zero-order valence-electron chi connectivity index (χ0n) is 16.4. The number of imidazole rings is 1. The van der Waals surface area contributed by atoms with Gasteiger partial charge in [-0.25, -0.2) is 22.1 Å². The van der Waals surface area contributed by atoms with Crippen molar-refractivity contribution < 1.29 is 17.9 Å². The Bertz CT molecular complexity index is 1350. The van der Waals surface area contributed by atoms with E-state index < -0.39 is 22.4 Å². The van der Waals surface area contributed by atoms with E-state index in [-0.39, 0.29) is 10.5 Å². The first kappa shape index (κ1) is 20.2. The van der Waals surface area contributed by atoms with Crippen molar-refractivity contribution in [1.29, 1.82) is 0 Å². The molecule has 30 heavy (non-hydrogen) atoms. The van der Waals surface area contributed by atoms with Crippen LogP contribution in [0.25, 0.3) is 28.0 Å². The lowest BCUT2D eigenvalue weighted by molar-refractivity contribution is 0.276. The highest BCUT2D eigenvalue weighted by molar-refractivity contribution is 7.89. The molecule has 0 aliphatic heterocycles. The summed E-state index contributed by atoms with van der Waals surface area (Å²) in [6, 6.07) is 14.9. The van der Waals surface area contributed by atoms with Crippen LogP contribution >= 0.6 is 0 Å². The third kappa shape index (κ3) is 3.49. The number of pyridine rings is 1. The number of benzene rings is 2. The van der Waals surface area contributed by atoms with Gasteiger partial charge in [-0.3, -0.25) is 0 Å². The summed E-state index contributed by atoms with van der Waals surface area (Å²) in [6.07, 6.45) is 3.60. The highest BCUT2D eigenvalue weighted by Gasteiger charge is 2.18. The number of sulfonamides is 1. The summed E-state index contributed by atoms with van der Waals surface area (Å²) < 4.78 is 41.8. The molecule has 0 unspecified atom stereocenters. The molecule has 6 nitrogen and oxygen atoms in total. The maximum absolute atomic E-state index is 14.0. The molecule has 4 rings (SSSR count). The Balaban J connectivity index is 1.79. The minimum Gasteiger partial charge on any atom is -0.392 e. The maximum atomic E-state index is 14.0. The molecule has 154 valence electrons. The van der Waals surface area contributed by atoms with Crippen LogP contribution in [0.15, 0.2) is 71.9 Å². The molecule has 4 aromatic rings. The first-order chi connectivity index (χ1) is 14.3. The summed E-state index contributed by atoms with van der Waals surface area (Å²) in [5.74, 6) is -0.458. The molecule has 0 saturated heterocycles. The minimum absolute atomic E-state index is 0.190. The van der Waals surface area contributed by atoms with E-state index >= 15 is 0 Å². The van der Waals surface area contributed by atoms with Crippen molar-refractivity contribution in [3.05, 3.63) is 78.4 Å². The van der Waals surface area contributed by atoms with Gasteiger partial charge in [0.15, 0.2) is 0 Å². The second-order valence-electron chi connectivity index (χ2n) is 7.05. The van der Waals surface area contributed by atoms with Gasteiger partial charge in [0.2, 0.25) is 10.0 Å². The summed E-state index contributed by atoms with van der Waals surface area (Å²) in [4.78, 5) is 4.77. The highest BCUT2D eigenvalue weighted by atomic mass is 32.2. The summed E-state index contributed by atoms with van der Waals surface area (Å²) >= 11 is 0. The number of nitrogens with zero attached hydrogens (tertiary/aromatic N) is 3. The maximum Gasteiger partial charge on any atom is 0.242 e. The average Bonchev–Trinajstić information content (AvgIpc) is 3.17. The fraction of sp³-hybridized carbons (Fsp3) is 0.136. The Hall–Kier alpha value is -3.07. The van der Waals surface area contributed by atoms with E-state index in [9.17, 15) is 17.9 Å². The summed E-state index contributed by atoms with van der Waals surface area (Å²) in [7, 11) is -0.577. The molecule has 0 aliphatic rings. The molecule has 1 N–H and O–H groups in total. The van der Waals surface area contributed by atoms with Crippen molar-refractivity contribution in [2.45, 2.75) is 11.5 Å². The molecular weight excluding hydrogens is 405 g/mol. The van der Waals surface area contributed by atoms with E-state index in [1.165, 1.54) is 24.5 Å². The van der Waals surface area contributed by atoms with Gasteiger partial charge in [0.25, 0.3) is 0 Å². The predicted octanol–water partition coefficient (Wildman–Crippen LogP) is 3.55. The Morgan fingerprint density at radius 2 is 1.80 bits per heavy atom. The van der Waals surface area contributed by atoms with Crippen LogP contribution in [0.2, 0.25) is 0 Å². The summed E-state index contributed by atoms with van der Waals surface area (Å²) in [6.45, 7) is -0.400. The number of fused-ring (bicyclic) bond motifs is 1. The van der Waals surface area contributed by atoms with Crippen molar-refractivity contribution >= 4 is 15.7 Å². The van der Waals surface area contributed by atoms with Crippen LogP contribution in [0.1, 0.15) is 5.56 Å². The smallest absolute Gasteiger partial charge is 0.242 e. The normalized spacial score (nSPS) is 12.0. The van der Waals surface area contributed by atoms with E-state index in [2.05, 4.69) is 4.98 Å². The lowest BCUT2D eigenvalue weighted by Gasteiger charge is -2.11. The van der Waals surface area contributed by atoms with Gasteiger partial charge < -0.3 is 9.51 Å². The molecule has 2 aromatic carbocycles. The van der Waals surface area contributed by atoms with Crippen molar-refractivity contribution in [3.8, 4) is 22.4 Å². The molecule has 0 radical (unpaired) electrons. The molecule has 0 spiro atoms. The number of rotatable bonds is 5. The van der Waals surface area contributed by atoms with Crippen LogP contribution in [0.5, 0.6) is 0 Å². The van der Waals surface area contributed by atoms with Crippen LogP contribution in [0.4, 0.5) is 4.39 Å². The molecule has 0 fully saturated rings. The van der Waals surface area contributed by atoms with E-state index in [0.717, 1.165) is 5.56 Å². The molecular formula is C22H20FN3O3S. The molecule has 0 saturated carbocycles. The summed E-state index contributed by atoms with van der Waals surface area (Å²) in [5, 5.41) is 9.55. The Kier molecular flexibility index (Phi) is 5.15. The lowest BCUT2D eigenvalue weighted by Crippen LogP contribution is -2.22. The van der Waals surface area contributed by atoms with Crippen LogP contribution < -0.4 is 0 Å². The average molecular weight is 425 g/mol. The SMILES string of the molecule is CN(C)S(=O)(=O)c1cccc(-c2cn3cc(-c4cccc(F)c4CO)ccc3n2)c1. The highest BCUT2D eigenvalue weighted by Crippen LogP contribution is 2.28. The van der Waals surface area contributed by atoms with Crippen molar-refractivity contribution in [3.63, 3.8) is 0 Å². The molecule has 8 heteroatoms. The minimum atomic E-state index is -3.55. The number of aliphatic hydroxyl groups excluding tert-OH is 1. The molecule has 0 aliphatic carbocycles. The van der Waals surface area contributed by atoms with Gasteiger partial charge in [-0.05, 0) is 41.5 Å². The number of aromatic nitrogens is 2. The first-order valence-electron chi connectivity index (χ1n) is 9.21. The Labute approximate surface area is 173 Å². The van der Waals surface area contributed by atoms with E-state index in [1.54, 1.807) is 59.3 Å². The van der Waals surface area contributed by atoms with Gasteiger partial charge >= 0.3 is 0 Å². The Morgan fingerprint density at radius 3 is 2.53 bits per heavy atom. The second kappa shape index (κ2) is 7.64. The Morgan fingerprint density at radius 1 is 1.03 bits per heavy atom. The van der Waals surface area contributed by atoms with Crippen molar-refractivity contribution in [2.24, 2.45) is 0 Å². The first-order valence-corrected chi connectivity index (χ1v) is 10.7. The van der Waals surface area contributed by atoms with Gasteiger partial charge in [-0.15, -0.1) is 0 Å². The monoisotopic (exact) mass is 425 g/mol. The van der Waals surface area contributed by atoms with Crippen LogP contribution in [-0.4, -0.2) is 41.3 Å².